The molecule has 1 N–H and O–H groups in total. The molecule has 1 aliphatic rings. The maximum absolute atomic E-state index is 5.25. The Labute approximate surface area is 129 Å². The van der Waals surface area contributed by atoms with Gasteiger partial charge in [-0.25, -0.2) is 0 Å². The van der Waals surface area contributed by atoms with Crippen LogP contribution in [0.3, 0.4) is 0 Å². The van der Waals surface area contributed by atoms with Crippen LogP contribution in [0.25, 0.3) is 0 Å². The van der Waals surface area contributed by atoms with Gasteiger partial charge >= 0.3 is 0 Å². The van der Waals surface area contributed by atoms with Gasteiger partial charge in [0.05, 0.1) is 0 Å². The lowest BCUT2D eigenvalue weighted by Gasteiger charge is -2.34. The van der Waals surface area contributed by atoms with Crippen molar-refractivity contribution in [3.05, 3.63) is 35.9 Å². The van der Waals surface area contributed by atoms with Crippen molar-refractivity contribution >= 4 is 0 Å². The summed E-state index contributed by atoms with van der Waals surface area (Å²) in [6.07, 6.45) is 3.45. The van der Waals surface area contributed by atoms with Gasteiger partial charge in [0.2, 0.25) is 0 Å². The Morgan fingerprint density at radius 2 is 2.10 bits per heavy atom. The zero-order valence-electron chi connectivity index (χ0n) is 13.7. The van der Waals surface area contributed by atoms with E-state index in [9.17, 15) is 0 Å². The van der Waals surface area contributed by atoms with Crippen molar-refractivity contribution < 1.29 is 4.74 Å². The van der Waals surface area contributed by atoms with Gasteiger partial charge in [-0.15, -0.1) is 0 Å². The molecule has 3 nitrogen and oxygen atoms in total. The smallest absolute Gasteiger partial charge is 0.0477 e. The molecule has 1 saturated heterocycles. The van der Waals surface area contributed by atoms with E-state index < -0.39 is 0 Å². The van der Waals surface area contributed by atoms with Crippen molar-refractivity contribution in [3.8, 4) is 0 Å². The van der Waals surface area contributed by atoms with Gasteiger partial charge in [-0.1, -0.05) is 30.3 Å². The molecule has 1 aromatic rings. The lowest BCUT2D eigenvalue weighted by atomic mass is 10.0. The maximum Gasteiger partial charge on any atom is 0.0477 e. The van der Waals surface area contributed by atoms with Crippen LogP contribution < -0.4 is 5.32 Å². The number of methoxy groups -OCH3 is 1. The van der Waals surface area contributed by atoms with Crippen LogP contribution in [0, 0.1) is 0 Å². The molecule has 0 spiro atoms. The van der Waals surface area contributed by atoms with Crippen LogP contribution in [0.2, 0.25) is 0 Å². The van der Waals surface area contributed by atoms with Crippen molar-refractivity contribution in [3.63, 3.8) is 0 Å². The lowest BCUT2D eigenvalue weighted by Crippen LogP contribution is -2.46. The number of rotatable bonds is 6. The Hall–Kier alpha value is -0.900. The average Bonchev–Trinajstić information content (AvgIpc) is 2.68. The van der Waals surface area contributed by atoms with Crippen LogP contribution in [0.4, 0.5) is 0 Å². The molecule has 0 saturated carbocycles. The standard InChI is InChI=1S/C18H30N2O/c1-15-9-11-19-18(13-17-7-5-4-6-8-17)14-20(15)16(2)10-12-21-3/h4-8,15-16,18-19H,9-14H2,1-3H3. The number of hydrogen-bond donors (Lipinski definition) is 1. The quantitative estimate of drug-likeness (QED) is 0.872. The van der Waals surface area contributed by atoms with Crippen molar-refractivity contribution in [2.45, 2.75) is 51.2 Å². The normalized spacial score (nSPS) is 25.5. The summed E-state index contributed by atoms with van der Waals surface area (Å²) in [5, 5.41) is 3.73. The van der Waals surface area contributed by atoms with Gasteiger partial charge in [0, 0.05) is 38.4 Å². The minimum Gasteiger partial charge on any atom is -0.385 e. The third kappa shape index (κ3) is 5.10. The number of nitrogens with one attached hydrogen (secondary N) is 1. The Morgan fingerprint density at radius 3 is 2.81 bits per heavy atom. The first kappa shape index (κ1) is 16.5. The van der Waals surface area contributed by atoms with Gasteiger partial charge in [0.1, 0.15) is 0 Å². The molecule has 1 fully saturated rings. The van der Waals surface area contributed by atoms with E-state index in [0.717, 1.165) is 32.5 Å². The highest BCUT2D eigenvalue weighted by molar-refractivity contribution is 5.16. The molecule has 0 bridgehead atoms. The van der Waals surface area contributed by atoms with E-state index >= 15 is 0 Å². The molecule has 0 aliphatic carbocycles. The molecule has 1 aliphatic heterocycles. The molecule has 3 heteroatoms. The van der Waals surface area contributed by atoms with Crippen molar-refractivity contribution in [1.29, 1.82) is 0 Å². The molecule has 3 atom stereocenters. The monoisotopic (exact) mass is 290 g/mol. The van der Waals surface area contributed by atoms with Gasteiger partial charge in [0.15, 0.2) is 0 Å². The largest absolute Gasteiger partial charge is 0.385 e. The maximum atomic E-state index is 5.25. The van der Waals surface area contributed by atoms with Crippen LogP contribution in [-0.4, -0.2) is 49.8 Å². The fraction of sp³-hybridized carbons (Fsp3) is 0.667. The Kier molecular flexibility index (Phi) is 6.68. The van der Waals surface area contributed by atoms with Crippen molar-refractivity contribution in [1.82, 2.24) is 10.2 Å². The summed E-state index contributed by atoms with van der Waals surface area (Å²) >= 11 is 0. The van der Waals surface area contributed by atoms with Crippen LogP contribution >= 0.6 is 0 Å². The van der Waals surface area contributed by atoms with Gasteiger partial charge in [0.25, 0.3) is 0 Å². The zero-order chi connectivity index (χ0) is 15.1. The second kappa shape index (κ2) is 8.52. The molecule has 21 heavy (non-hydrogen) atoms. The number of benzene rings is 1. The summed E-state index contributed by atoms with van der Waals surface area (Å²) in [6, 6.07) is 12.6. The second-order valence-electron chi connectivity index (χ2n) is 6.31. The van der Waals surface area contributed by atoms with E-state index in [4.69, 9.17) is 4.74 Å². The molecule has 2 rings (SSSR count). The molecule has 1 aromatic carbocycles. The highest BCUT2D eigenvalue weighted by Crippen LogP contribution is 2.17. The van der Waals surface area contributed by atoms with Crippen LogP contribution in [-0.2, 0) is 11.2 Å². The third-order valence-electron chi connectivity index (χ3n) is 4.62. The number of hydrogen-bond acceptors (Lipinski definition) is 3. The fourth-order valence-electron chi connectivity index (χ4n) is 3.27. The summed E-state index contributed by atoms with van der Waals surface area (Å²) in [6.45, 7) is 7.78. The number of ether oxygens (including phenoxy) is 1. The summed E-state index contributed by atoms with van der Waals surface area (Å²) in [7, 11) is 1.79. The summed E-state index contributed by atoms with van der Waals surface area (Å²) in [5.74, 6) is 0. The first-order valence-corrected chi connectivity index (χ1v) is 8.22. The zero-order valence-corrected chi connectivity index (χ0v) is 13.7. The minimum atomic E-state index is 0.544. The summed E-state index contributed by atoms with van der Waals surface area (Å²) < 4.78 is 5.25. The van der Waals surface area contributed by atoms with E-state index in [2.05, 4.69) is 54.4 Å². The van der Waals surface area contributed by atoms with E-state index in [-0.39, 0.29) is 0 Å². The molecule has 0 amide bonds. The fourth-order valence-corrected chi connectivity index (χ4v) is 3.27. The average molecular weight is 290 g/mol. The topological polar surface area (TPSA) is 24.5 Å². The Morgan fingerprint density at radius 1 is 1.33 bits per heavy atom. The van der Waals surface area contributed by atoms with Gasteiger partial charge < -0.3 is 10.1 Å². The summed E-state index contributed by atoms with van der Waals surface area (Å²) in [5.41, 5.74) is 1.43. The molecule has 118 valence electrons. The van der Waals surface area contributed by atoms with Crippen LogP contribution in [0.1, 0.15) is 32.3 Å². The molecule has 3 unspecified atom stereocenters. The van der Waals surface area contributed by atoms with Crippen molar-refractivity contribution in [2.75, 3.05) is 26.8 Å². The first-order chi connectivity index (χ1) is 10.2. The van der Waals surface area contributed by atoms with E-state index in [1.54, 1.807) is 7.11 Å². The predicted molar refractivity (Wildman–Crippen MR) is 88.7 cm³/mol. The van der Waals surface area contributed by atoms with Gasteiger partial charge in [-0.3, -0.25) is 4.90 Å². The SMILES string of the molecule is COCCC(C)N1CC(Cc2ccccc2)NCCC1C. The van der Waals surface area contributed by atoms with Gasteiger partial charge in [-0.2, -0.15) is 0 Å². The number of nitrogens with zero attached hydrogens (tertiary/aromatic N) is 1. The van der Waals surface area contributed by atoms with E-state index in [1.807, 2.05) is 0 Å². The highest BCUT2D eigenvalue weighted by atomic mass is 16.5. The third-order valence-corrected chi connectivity index (χ3v) is 4.62. The molecule has 1 heterocycles. The van der Waals surface area contributed by atoms with Crippen molar-refractivity contribution in [2.24, 2.45) is 0 Å². The summed E-state index contributed by atoms with van der Waals surface area (Å²) in [4.78, 5) is 2.66. The van der Waals surface area contributed by atoms with Crippen LogP contribution in [0.15, 0.2) is 30.3 Å². The van der Waals surface area contributed by atoms with E-state index in [0.29, 0.717) is 18.1 Å². The highest BCUT2D eigenvalue weighted by Gasteiger charge is 2.26. The second-order valence-corrected chi connectivity index (χ2v) is 6.31. The van der Waals surface area contributed by atoms with Gasteiger partial charge in [-0.05, 0) is 45.2 Å². The minimum absolute atomic E-state index is 0.544. The predicted octanol–water partition coefficient (Wildman–Crippen LogP) is 2.71. The van der Waals surface area contributed by atoms with E-state index in [1.165, 1.54) is 12.0 Å². The molecule has 0 aromatic heterocycles. The Bertz CT molecular complexity index is 395. The lowest BCUT2D eigenvalue weighted by molar-refractivity contribution is 0.109. The molecular weight excluding hydrogens is 260 g/mol. The molecule has 0 radical (unpaired) electrons. The van der Waals surface area contributed by atoms with Crippen LogP contribution in [0.5, 0.6) is 0 Å². The first-order valence-electron chi connectivity index (χ1n) is 8.22. The Balaban J connectivity index is 1.96. The molecular formula is C18H30N2O.